The molecule has 0 bridgehead atoms. The minimum atomic E-state index is -0.254. The number of pyridine rings is 1. The monoisotopic (exact) mass is 279 g/mol. The predicted octanol–water partition coefficient (Wildman–Crippen LogP) is 1.25. The van der Waals surface area contributed by atoms with Gasteiger partial charge in [0, 0.05) is 31.5 Å². The number of rotatable bonds is 3. The van der Waals surface area contributed by atoms with Crippen molar-refractivity contribution < 1.29 is 9.84 Å². The van der Waals surface area contributed by atoms with Crippen LogP contribution >= 0.6 is 0 Å². The van der Waals surface area contributed by atoms with Crippen LogP contribution in [0.1, 0.15) is 30.7 Å². The molecule has 1 aromatic heterocycles. The zero-order valence-corrected chi connectivity index (χ0v) is 12.8. The Bertz CT molecular complexity index is 488. The van der Waals surface area contributed by atoms with E-state index in [0.29, 0.717) is 0 Å². The van der Waals surface area contributed by atoms with Gasteiger partial charge >= 0.3 is 0 Å². The summed E-state index contributed by atoms with van der Waals surface area (Å²) in [6.07, 6.45) is 1.69. The van der Waals surface area contributed by atoms with Crippen LogP contribution in [0.25, 0.3) is 0 Å². The summed E-state index contributed by atoms with van der Waals surface area (Å²) >= 11 is 0. The first kappa shape index (κ1) is 15.2. The fraction of sp³-hybridized carbons (Fsp3) is 0.667. The Labute approximate surface area is 120 Å². The summed E-state index contributed by atoms with van der Waals surface area (Å²) in [7, 11) is 0. The summed E-state index contributed by atoms with van der Waals surface area (Å²) in [5, 5.41) is 9.35. The number of nitrogens with two attached hydrogens (primary N) is 1. The Hall–Kier alpha value is -1.17. The Morgan fingerprint density at radius 3 is 2.85 bits per heavy atom. The van der Waals surface area contributed by atoms with Crippen molar-refractivity contribution in [3.8, 4) is 0 Å². The largest absolute Gasteiger partial charge is 0.398 e. The number of aliphatic hydroxyl groups excluding tert-OH is 1. The van der Waals surface area contributed by atoms with E-state index < -0.39 is 0 Å². The molecular formula is C15H25N3O2. The second-order valence-corrected chi connectivity index (χ2v) is 6.28. The van der Waals surface area contributed by atoms with Gasteiger partial charge in [-0.3, -0.25) is 9.88 Å². The molecule has 3 N–H and O–H groups in total. The Balaban J connectivity index is 2.15. The third-order valence-corrected chi connectivity index (χ3v) is 3.80. The lowest BCUT2D eigenvalue weighted by Gasteiger charge is -2.42. The highest BCUT2D eigenvalue weighted by molar-refractivity contribution is 5.53. The first-order chi connectivity index (χ1) is 9.32. The molecule has 1 aliphatic heterocycles. The van der Waals surface area contributed by atoms with Gasteiger partial charge in [-0.2, -0.15) is 0 Å². The van der Waals surface area contributed by atoms with Crippen molar-refractivity contribution in [2.24, 2.45) is 0 Å². The standard InChI is InChI=1S/C15H25N3O2/c1-10-5-17-13(11(2)14(10)16)7-18-6-12(8-19)20-15(3,4)9-18/h5,12,19H,6-9H2,1-4H3,(H2,16,17). The first-order valence-corrected chi connectivity index (χ1v) is 7.04. The molecule has 0 spiro atoms. The summed E-state index contributed by atoms with van der Waals surface area (Å²) < 4.78 is 5.83. The molecule has 1 aliphatic rings. The van der Waals surface area contributed by atoms with Crippen LogP contribution in [-0.2, 0) is 11.3 Å². The van der Waals surface area contributed by atoms with Gasteiger partial charge in [0.2, 0.25) is 0 Å². The first-order valence-electron chi connectivity index (χ1n) is 7.04. The van der Waals surface area contributed by atoms with Gasteiger partial charge in [0.05, 0.1) is 24.0 Å². The minimum Gasteiger partial charge on any atom is -0.398 e. The molecule has 0 aromatic carbocycles. The van der Waals surface area contributed by atoms with Crippen molar-refractivity contribution in [1.29, 1.82) is 0 Å². The highest BCUT2D eigenvalue weighted by Crippen LogP contribution is 2.24. The maximum absolute atomic E-state index is 9.35. The van der Waals surface area contributed by atoms with E-state index in [1.165, 1.54) is 0 Å². The zero-order chi connectivity index (χ0) is 14.9. The van der Waals surface area contributed by atoms with Crippen molar-refractivity contribution >= 4 is 5.69 Å². The van der Waals surface area contributed by atoms with Crippen molar-refractivity contribution in [1.82, 2.24) is 9.88 Å². The molecule has 1 aromatic rings. The van der Waals surface area contributed by atoms with E-state index in [1.54, 1.807) is 0 Å². The summed E-state index contributed by atoms with van der Waals surface area (Å²) in [4.78, 5) is 6.78. The number of hydrogen-bond donors (Lipinski definition) is 2. The maximum atomic E-state index is 9.35. The molecule has 0 radical (unpaired) electrons. The lowest BCUT2D eigenvalue weighted by molar-refractivity contribution is -0.150. The molecule has 2 rings (SSSR count). The number of nitrogen functional groups attached to an aromatic ring is 1. The second-order valence-electron chi connectivity index (χ2n) is 6.28. The molecule has 0 saturated carbocycles. The number of morpholine rings is 1. The third kappa shape index (κ3) is 3.29. The zero-order valence-electron chi connectivity index (χ0n) is 12.8. The Kier molecular flexibility index (Phi) is 4.32. The second kappa shape index (κ2) is 5.68. The number of aromatic nitrogens is 1. The lowest BCUT2D eigenvalue weighted by atomic mass is 10.0. The van der Waals surface area contributed by atoms with Crippen molar-refractivity contribution in [3.63, 3.8) is 0 Å². The SMILES string of the molecule is Cc1cnc(CN2CC(CO)OC(C)(C)C2)c(C)c1N. The van der Waals surface area contributed by atoms with Gasteiger partial charge in [-0.15, -0.1) is 0 Å². The van der Waals surface area contributed by atoms with Gasteiger partial charge in [-0.1, -0.05) is 0 Å². The highest BCUT2D eigenvalue weighted by atomic mass is 16.5. The van der Waals surface area contributed by atoms with Crippen LogP contribution in [0, 0.1) is 13.8 Å². The fourth-order valence-electron chi connectivity index (χ4n) is 2.80. The van der Waals surface area contributed by atoms with E-state index in [2.05, 4.69) is 9.88 Å². The average Bonchev–Trinajstić information content (AvgIpc) is 2.37. The smallest absolute Gasteiger partial charge is 0.0940 e. The maximum Gasteiger partial charge on any atom is 0.0940 e. The Morgan fingerprint density at radius 2 is 2.20 bits per heavy atom. The topological polar surface area (TPSA) is 71.6 Å². The van der Waals surface area contributed by atoms with Gasteiger partial charge in [0.15, 0.2) is 0 Å². The summed E-state index contributed by atoms with van der Waals surface area (Å²) in [5.41, 5.74) is 9.71. The highest BCUT2D eigenvalue weighted by Gasteiger charge is 2.33. The quantitative estimate of drug-likeness (QED) is 0.871. The van der Waals surface area contributed by atoms with Crippen LogP contribution in [0.4, 0.5) is 5.69 Å². The molecular weight excluding hydrogens is 254 g/mol. The number of ether oxygens (including phenoxy) is 1. The van der Waals surface area contributed by atoms with E-state index in [9.17, 15) is 5.11 Å². The van der Waals surface area contributed by atoms with Gasteiger partial charge in [0.1, 0.15) is 0 Å². The van der Waals surface area contributed by atoms with E-state index in [-0.39, 0.29) is 18.3 Å². The van der Waals surface area contributed by atoms with Gasteiger partial charge in [0.25, 0.3) is 0 Å². The van der Waals surface area contributed by atoms with Crippen molar-refractivity contribution in [2.75, 3.05) is 25.4 Å². The van der Waals surface area contributed by atoms with E-state index in [0.717, 1.165) is 42.1 Å². The molecule has 1 fully saturated rings. The number of aliphatic hydroxyl groups is 1. The molecule has 5 heteroatoms. The minimum absolute atomic E-state index is 0.0440. The van der Waals surface area contributed by atoms with Crippen LogP contribution in [0.15, 0.2) is 6.20 Å². The summed E-state index contributed by atoms with van der Waals surface area (Å²) in [6.45, 7) is 10.4. The summed E-state index contributed by atoms with van der Waals surface area (Å²) in [6, 6.07) is 0. The number of anilines is 1. The summed E-state index contributed by atoms with van der Waals surface area (Å²) in [5.74, 6) is 0. The molecule has 112 valence electrons. The number of aryl methyl sites for hydroxylation is 1. The van der Waals surface area contributed by atoms with Gasteiger partial charge < -0.3 is 15.6 Å². The molecule has 1 atom stereocenters. The fourth-order valence-corrected chi connectivity index (χ4v) is 2.80. The van der Waals surface area contributed by atoms with Gasteiger partial charge in [-0.05, 0) is 38.8 Å². The molecule has 2 heterocycles. The normalized spacial score (nSPS) is 22.9. The molecule has 1 unspecified atom stereocenters. The van der Waals surface area contributed by atoms with Crippen LogP contribution in [0.2, 0.25) is 0 Å². The predicted molar refractivity (Wildman–Crippen MR) is 79.4 cm³/mol. The molecule has 5 nitrogen and oxygen atoms in total. The lowest BCUT2D eigenvalue weighted by Crippen LogP contribution is -2.53. The van der Waals surface area contributed by atoms with E-state index in [1.807, 2.05) is 33.9 Å². The molecule has 20 heavy (non-hydrogen) atoms. The van der Waals surface area contributed by atoms with E-state index >= 15 is 0 Å². The number of hydrogen-bond acceptors (Lipinski definition) is 5. The number of nitrogens with zero attached hydrogens (tertiary/aromatic N) is 2. The van der Waals surface area contributed by atoms with Gasteiger partial charge in [-0.25, -0.2) is 0 Å². The molecule has 0 aliphatic carbocycles. The van der Waals surface area contributed by atoms with Crippen LogP contribution in [0.5, 0.6) is 0 Å². The van der Waals surface area contributed by atoms with Crippen LogP contribution in [0.3, 0.4) is 0 Å². The van der Waals surface area contributed by atoms with Crippen LogP contribution in [-0.4, -0.2) is 46.4 Å². The Morgan fingerprint density at radius 1 is 1.50 bits per heavy atom. The average molecular weight is 279 g/mol. The third-order valence-electron chi connectivity index (χ3n) is 3.80. The van der Waals surface area contributed by atoms with E-state index in [4.69, 9.17) is 10.5 Å². The van der Waals surface area contributed by atoms with Crippen molar-refractivity contribution in [2.45, 2.75) is 45.9 Å². The van der Waals surface area contributed by atoms with Crippen molar-refractivity contribution in [3.05, 3.63) is 23.0 Å². The molecule has 1 saturated heterocycles. The van der Waals surface area contributed by atoms with Crippen LogP contribution < -0.4 is 5.73 Å². The molecule has 0 amide bonds.